The van der Waals surface area contributed by atoms with Crippen LogP contribution < -0.4 is 5.73 Å². The van der Waals surface area contributed by atoms with Crippen molar-refractivity contribution in [3.8, 4) is 6.07 Å². The van der Waals surface area contributed by atoms with E-state index in [4.69, 9.17) is 11.0 Å². The van der Waals surface area contributed by atoms with Crippen LogP contribution in [0, 0.1) is 23.2 Å². The first-order chi connectivity index (χ1) is 7.93. The van der Waals surface area contributed by atoms with Crippen LogP contribution in [0.25, 0.3) is 0 Å². The summed E-state index contributed by atoms with van der Waals surface area (Å²) in [4.78, 5) is 24.3. The van der Waals surface area contributed by atoms with Gasteiger partial charge in [-0.05, 0) is 12.3 Å². The molecule has 1 unspecified atom stereocenters. The van der Waals surface area contributed by atoms with E-state index in [1.165, 1.54) is 4.90 Å². The van der Waals surface area contributed by atoms with Gasteiger partial charge in [0.05, 0.1) is 12.6 Å². The Morgan fingerprint density at radius 2 is 2.00 bits per heavy atom. The monoisotopic (exact) mass is 239 g/mol. The zero-order valence-electron chi connectivity index (χ0n) is 10.8. The Labute approximate surface area is 103 Å². The van der Waals surface area contributed by atoms with E-state index in [9.17, 15) is 9.59 Å². The van der Waals surface area contributed by atoms with Gasteiger partial charge < -0.3 is 10.6 Å². The van der Waals surface area contributed by atoms with Crippen LogP contribution in [0.2, 0.25) is 0 Å². The minimum Gasteiger partial charge on any atom is -0.368 e. The van der Waals surface area contributed by atoms with Crippen molar-refractivity contribution < 1.29 is 9.59 Å². The zero-order chi connectivity index (χ0) is 13.4. The lowest BCUT2D eigenvalue weighted by Crippen LogP contribution is -2.43. The van der Waals surface area contributed by atoms with E-state index < -0.39 is 11.8 Å². The van der Waals surface area contributed by atoms with Crippen molar-refractivity contribution in [3.63, 3.8) is 0 Å². The van der Waals surface area contributed by atoms with Gasteiger partial charge in [-0.1, -0.05) is 27.2 Å². The summed E-state index contributed by atoms with van der Waals surface area (Å²) in [6, 6.07) is 1.99. The third-order valence-corrected chi connectivity index (χ3v) is 2.51. The van der Waals surface area contributed by atoms with Crippen LogP contribution in [0.4, 0.5) is 0 Å². The maximum Gasteiger partial charge on any atom is 0.240 e. The molecule has 2 amide bonds. The van der Waals surface area contributed by atoms with Crippen LogP contribution in [-0.2, 0) is 9.59 Å². The molecule has 0 saturated heterocycles. The standard InChI is InChI=1S/C12H21N3O2/c1-4-5-6-15(8-11(14)16)12(17)10(7-13)9(2)3/h9-10H,4-6,8H2,1-3H3,(H2,14,16). The van der Waals surface area contributed by atoms with Crippen molar-refractivity contribution in [2.75, 3.05) is 13.1 Å². The fraction of sp³-hybridized carbons (Fsp3) is 0.750. The van der Waals surface area contributed by atoms with Crippen molar-refractivity contribution in [2.24, 2.45) is 17.6 Å². The quantitative estimate of drug-likeness (QED) is 0.715. The minimum atomic E-state index is -0.703. The molecule has 0 aromatic rings. The molecule has 0 rings (SSSR count). The van der Waals surface area contributed by atoms with Gasteiger partial charge in [0.2, 0.25) is 11.8 Å². The summed E-state index contributed by atoms with van der Waals surface area (Å²) in [6.45, 7) is 5.99. The van der Waals surface area contributed by atoms with Gasteiger partial charge in [0, 0.05) is 6.54 Å². The fourth-order valence-electron chi connectivity index (χ4n) is 1.49. The van der Waals surface area contributed by atoms with E-state index in [1.807, 2.05) is 26.8 Å². The Balaban J connectivity index is 4.72. The van der Waals surface area contributed by atoms with Crippen LogP contribution in [0.5, 0.6) is 0 Å². The van der Waals surface area contributed by atoms with Crippen molar-refractivity contribution >= 4 is 11.8 Å². The topological polar surface area (TPSA) is 87.2 Å². The summed E-state index contributed by atoms with van der Waals surface area (Å²) in [6.07, 6.45) is 1.72. The predicted molar refractivity (Wildman–Crippen MR) is 64.6 cm³/mol. The largest absolute Gasteiger partial charge is 0.368 e. The van der Waals surface area contributed by atoms with Gasteiger partial charge in [0.25, 0.3) is 0 Å². The molecule has 0 aromatic carbocycles. The number of unbranched alkanes of at least 4 members (excludes halogenated alkanes) is 1. The molecule has 0 fully saturated rings. The van der Waals surface area contributed by atoms with Gasteiger partial charge >= 0.3 is 0 Å². The summed E-state index contributed by atoms with van der Waals surface area (Å²) in [7, 11) is 0. The van der Waals surface area contributed by atoms with Crippen molar-refractivity contribution in [3.05, 3.63) is 0 Å². The van der Waals surface area contributed by atoms with Crippen LogP contribution in [0.1, 0.15) is 33.6 Å². The number of nitriles is 1. The number of carbonyl (C=O) groups is 2. The molecule has 0 aromatic heterocycles. The van der Waals surface area contributed by atoms with Crippen LogP contribution in [-0.4, -0.2) is 29.8 Å². The molecule has 0 saturated carbocycles. The number of carbonyl (C=O) groups excluding carboxylic acids is 2. The van der Waals surface area contributed by atoms with E-state index in [1.54, 1.807) is 0 Å². The SMILES string of the molecule is CCCCN(CC(N)=O)C(=O)C(C#N)C(C)C. The lowest BCUT2D eigenvalue weighted by Gasteiger charge is -2.24. The average Bonchev–Trinajstić information content (AvgIpc) is 2.23. The molecule has 5 heteroatoms. The van der Waals surface area contributed by atoms with E-state index in [0.717, 1.165) is 12.8 Å². The van der Waals surface area contributed by atoms with Crippen molar-refractivity contribution in [2.45, 2.75) is 33.6 Å². The summed E-state index contributed by atoms with van der Waals surface area (Å²) in [5.41, 5.74) is 5.10. The number of rotatable bonds is 7. The molecular formula is C12H21N3O2. The lowest BCUT2D eigenvalue weighted by atomic mass is 9.96. The molecule has 0 aliphatic rings. The average molecular weight is 239 g/mol. The fourth-order valence-corrected chi connectivity index (χ4v) is 1.49. The van der Waals surface area contributed by atoms with Crippen LogP contribution in [0.15, 0.2) is 0 Å². The first kappa shape index (κ1) is 15.4. The number of primary amides is 1. The highest BCUT2D eigenvalue weighted by atomic mass is 16.2. The number of hydrogen-bond donors (Lipinski definition) is 1. The van der Waals surface area contributed by atoms with Gasteiger partial charge in [-0.25, -0.2) is 0 Å². The smallest absolute Gasteiger partial charge is 0.240 e. The van der Waals surface area contributed by atoms with Gasteiger partial charge in [-0.2, -0.15) is 5.26 Å². The van der Waals surface area contributed by atoms with Crippen LogP contribution in [0.3, 0.4) is 0 Å². The summed E-state index contributed by atoms with van der Waals surface area (Å²) in [5, 5.41) is 8.96. The number of nitrogens with zero attached hydrogens (tertiary/aromatic N) is 2. The normalized spacial score (nSPS) is 11.9. The molecular weight excluding hydrogens is 218 g/mol. The third-order valence-electron chi connectivity index (χ3n) is 2.51. The van der Waals surface area contributed by atoms with Gasteiger partial charge in [-0.3, -0.25) is 9.59 Å². The molecule has 0 radical (unpaired) electrons. The Bertz CT molecular complexity index is 307. The minimum absolute atomic E-state index is 0.0653. The summed E-state index contributed by atoms with van der Waals surface area (Å²) < 4.78 is 0. The maximum absolute atomic E-state index is 12.1. The Hall–Kier alpha value is -1.57. The maximum atomic E-state index is 12.1. The summed E-state index contributed by atoms with van der Waals surface area (Å²) >= 11 is 0. The molecule has 17 heavy (non-hydrogen) atoms. The van der Waals surface area contributed by atoms with Crippen molar-refractivity contribution in [1.82, 2.24) is 4.90 Å². The molecule has 0 bridgehead atoms. The second kappa shape index (κ2) is 7.66. The Morgan fingerprint density at radius 3 is 2.35 bits per heavy atom. The third kappa shape index (κ3) is 5.34. The molecule has 0 spiro atoms. The number of hydrogen-bond acceptors (Lipinski definition) is 3. The molecule has 96 valence electrons. The van der Waals surface area contributed by atoms with E-state index in [0.29, 0.717) is 6.54 Å². The van der Waals surface area contributed by atoms with Gasteiger partial charge in [0.15, 0.2) is 0 Å². The molecule has 0 aliphatic carbocycles. The molecule has 5 nitrogen and oxygen atoms in total. The molecule has 1 atom stereocenters. The van der Waals surface area contributed by atoms with E-state index in [-0.39, 0.29) is 18.4 Å². The highest BCUT2D eigenvalue weighted by Gasteiger charge is 2.27. The van der Waals surface area contributed by atoms with E-state index in [2.05, 4.69) is 0 Å². The Morgan fingerprint density at radius 1 is 1.41 bits per heavy atom. The highest BCUT2D eigenvalue weighted by molar-refractivity contribution is 5.86. The zero-order valence-corrected chi connectivity index (χ0v) is 10.8. The first-order valence-electron chi connectivity index (χ1n) is 5.90. The second-order valence-electron chi connectivity index (χ2n) is 4.43. The Kier molecular flexibility index (Phi) is 6.95. The predicted octanol–water partition coefficient (Wildman–Crippen LogP) is 0.896. The van der Waals surface area contributed by atoms with Gasteiger partial charge in [0.1, 0.15) is 5.92 Å². The van der Waals surface area contributed by atoms with Crippen molar-refractivity contribution in [1.29, 1.82) is 5.26 Å². The van der Waals surface area contributed by atoms with E-state index >= 15 is 0 Å². The number of nitrogens with two attached hydrogens (primary N) is 1. The molecule has 0 heterocycles. The lowest BCUT2D eigenvalue weighted by molar-refractivity contribution is -0.138. The highest BCUT2D eigenvalue weighted by Crippen LogP contribution is 2.13. The van der Waals surface area contributed by atoms with Crippen LogP contribution >= 0.6 is 0 Å². The number of amides is 2. The van der Waals surface area contributed by atoms with Gasteiger partial charge in [-0.15, -0.1) is 0 Å². The summed E-state index contributed by atoms with van der Waals surface area (Å²) in [5.74, 6) is -1.61. The molecule has 0 aliphatic heterocycles. The molecule has 2 N–H and O–H groups in total. The first-order valence-corrected chi connectivity index (χ1v) is 5.90. The second-order valence-corrected chi connectivity index (χ2v) is 4.43.